The van der Waals surface area contributed by atoms with Gasteiger partial charge in [0.15, 0.2) is 5.58 Å². The Kier molecular flexibility index (Phi) is 15.9. The van der Waals surface area contributed by atoms with E-state index in [1.165, 1.54) is 141 Å². The molecule has 2 aliphatic carbocycles. The standard InChI is InChI=1S/C42H23N3O.C42H23N3S.C38H23N3O/c2*1-2-11-25-23-36-34(22-24(25)10-1)28-14-5-7-18-35(28)45(36)42-43-40(39-33-15-6-8-19-37(33)46-41(39)44-42)32-21-20-31-27-13-4-3-12-26(27)29-16-9-17-30(32)38(29)31;1-3-11-24(12-4-1)28-19-20-30-34(23-28)42-37-35(25-13-5-2-6-14-25)39-38(40-36(30)37)41-32-18-10-9-17-29(32)31-21-26-15-7-8-16-27(26)22-33(31)41/h2*1-23H;1-23H. The van der Waals surface area contributed by atoms with Crippen LogP contribution in [-0.2, 0) is 0 Å². The van der Waals surface area contributed by atoms with Crippen molar-refractivity contribution in [1.29, 1.82) is 0 Å². The highest BCUT2D eigenvalue weighted by molar-refractivity contribution is 7.25. The van der Waals surface area contributed by atoms with Crippen LogP contribution in [-0.4, -0.2) is 43.6 Å². The molecule has 0 radical (unpaired) electrons. The van der Waals surface area contributed by atoms with Crippen molar-refractivity contribution >= 4 is 195 Å². The van der Waals surface area contributed by atoms with Crippen LogP contribution in [0.15, 0.2) is 427 Å². The first-order chi connectivity index (χ1) is 66.4. The minimum absolute atomic E-state index is 0.583. The molecule has 9 aromatic heterocycles. The van der Waals surface area contributed by atoms with Crippen molar-refractivity contribution in [2.45, 2.75) is 0 Å². The molecule has 0 saturated carbocycles. The summed E-state index contributed by atoms with van der Waals surface area (Å²) in [6, 6.07) is 149. The summed E-state index contributed by atoms with van der Waals surface area (Å²) in [6.07, 6.45) is 0. The maximum Gasteiger partial charge on any atom is 0.238 e. The number of hydrogen-bond donors (Lipinski definition) is 0. The lowest BCUT2D eigenvalue weighted by Gasteiger charge is -2.13. The van der Waals surface area contributed by atoms with Crippen LogP contribution in [0.2, 0.25) is 0 Å². The summed E-state index contributed by atoms with van der Waals surface area (Å²) in [7, 11) is 0. The molecule has 0 saturated heterocycles. The number of rotatable bonds is 7. The lowest BCUT2D eigenvalue weighted by Crippen LogP contribution is -2.03. The van der Waals surface area contributed by atoms with E-state index in [9.17, 15) is 0 Å². The van der Waals surface area contributed by atoms with Gasteiger partial charge in [-0.2, -0.15) is 4.98 Å². The van der Waals surface area contributed by atoms with Gasteiger partial charge in [-0.25, -0.2) is 24.9 Å². The zero-order chi connectivity index (χ0) is 87.5. The highest BCUT2D eigenvalue weighted by Gasteiger charge is 2.31. The third-order valence-electron chi connectivity index (χ3n) is 27.7. The Hall–Kier alpha value is -17.8. The molecule has 0 bridgehead atoms. The van der Waals surface area contributed by atoms with Gasteiger partial charge in [0.1, 0.15) is 27.2 Å². The van der Waals surface area contributed by atoms with Crippen LogP contribution in [0.25, 0.3) is 291 Å². The molecule has 12 heteroatoms. The zero-order valence-electron chi connectivity index (χ0n) is 71.6. The largest absolute Gasteiger partial charge is 0.452 e. The summed E-state index contributed by atoms with van der Waals surface area (Å²) in [5.74, 6) is 1.91. The maximum absolute atomic E-state index is 6.57. The zero-order valence-corrected chi connectivity index (χ0v) is 72.4. The number of para-hydroxylation sites is 4. The van der Waals surface area contributed by atoms with Crippen LogP contribution >= 0.6 is 11.3 Å². The van der Waals surface area contributed by atoms with E-state index in [0.29, 0.717) is 29.1 Å². The average Bonchev–Trinajstić information content (AvgIpc) is 1.55. The molecule has 0 atom stereocenters. The molecule has 9 heterocycles. The molecule has 0 N–H and O–H groups in total. The first-order valence-corrected chi connectivity index (χ1v) is 46.1. The molecule has 29 aromatic rings. The molecule has 0 spiro atoms. The number of fused-ring (bicyclic) bond motifs is 27. The summed E-state index contributed by atoms with van der Waals surface area (Å²) >= 11 is 1.74. The number of thiophene rings is 1. The van der Waals surface area contributed by atoms with Crippen LogP contribution in [0.4, 0.5) is 0 Å². The Morgan fingerprint density at radius 1 is 0.201 bits per heavy atom. The van der Waals surface area contributed by atoms with Gasteiger partial charge in [-0.1, -0.05) is 340 Å². The Morgan fingerprint density at radius 2 is 0.590 bits per heavy atom. The molecule has 620 valence electrons. The van der Waals surface area contributed by atoms with Crippen molar-refractivity contribution in [2.75, 3.05) is 0 Å². The fourth-order valence-corrected chi connectivity index (χ4v) is 22.9. The van der Waals surface area contributed by atoms with E-state index >= 15 is 0 Å². The van der Waals surface area contributed by atoms with E-state index in [2.05, 4.69) is 396 Å². The van der Waals surface area contributed by atoms with Crippen molar-refractivity contribution in [1.82, 2.24) is 43.6 Å². The van der Waals surface area contributed by atoms with E-state index in [0.717, 1.165) is 121 Å². The van der Waals surface area contributed by atoms with Crippen LogP contribution in [0, 0.1) is 0 Å². The SMILES string of the molecule is c1ccc(-c2ccc3c(c2)oc2c(-c4ccccc4)nc(-n4c5ccccc5c5cc6ccccc6cc54)nc23)cc1.c1ccc2c(c1)-c1cccc3c(-c4nc(-n5c6ccccc6c6cc7ccccc7cc65)nc5oc6ccccc6c45)ccc-2c13.c1ccc2c(c1)-c1cccc3c(-c4nc(-n5c6ccccc6c6cc7ccccc7cc65)nc5sc6ccccc6c45)ccc-2c13. The fourth-order valence-electron chi connectivity index (χ4n) is 21.8. The van der Waals surface area contributed by atoms with E-state index < -0.39 is 0 Å². The van der Waals surface area contributed by atoms with Crippen LogP contribution in [0.1, 0.15) is 0 Å². The molecule has 0 aliphatic heterocycles. The Bertz CT molecular complexity index is 9680. The summed E-state index contributed by atoms with van der Waals surface area (Å²) in [5.41, 5.74) is 28.5. The topological polar surface area (TPSA) is 118 Å². The molecule has 2 aliphatic rings. The minimum atomic E-state index is 0.583. The van der Waals surface area contributed by atoms with Crippen molar-refractivity contribution in [2.24, 2.45) is 0 Å². The van der Waals surface area contributed by atoms with Gasteiger partial charge >= 0.3 is 0 Å². The first-order valence-electron chi connectivity index (χ1n) is 45.3. The second-order valence-corrected chi connectivity index (χ2v) is 36.0. The summed E-state index contributed by atoms with van der Waals surface area (Å²) < 4.78 is 21.0. The Labute approximate surface area is 767 Å². The van der Waals surface area contributed by atoms with Crippen LogP contribution < -0.4 is 0 Å². The molecule has 0 unspecified atom stereocenters. The van der Waals surface area contributed by atoms with Gasteiger partial charge in [0, 0.05) is 75.3 Å². The lowest BCUT2D eigenvalue weighted by molar-refractivity contribution is 0.651. The van der Waals surface area contributed by atoms with Crippen LogP contribution in [0.3, 0.4) is 0 Å². The molecule has 0 fully saturated rings. The maximum atomic E-state index is 6.57. The van der Waals surface area contributed by atoms with Gasteiger partial charge in [-0.15, -0.1) is 11.3 Å². The van der Waals surface area contributed by atoms with Gasteiger partial charge in [0.25, 0.3) is 0 Å². The van der Waals surface area contributed by atoms with E-state index in [4.69, 9.17) is 38.7 Å². The van der Waals surface area contributed by atoms with Gasteiger partial charge in [0.05, 0.1) is 49.9 Å². The second kappa shape index (κ2) is 28.8. The lowest BCUT2D eigenvalue weighted by atomic mass is 9.95. The summed E-state index contributed by atoms with van der Waals surface area (Å²) in [6.45, 7) is 0. The normalized spacial score (nSPS) is 12.2. The fraction of sp³-hybridized carbons (Fsp3) is 0. The quantitative estimate of drug-likeness (QED) is 0.155. The minimum Gasteiger partial charge on any atom is -0.452 e. The molecular weight excluding hydrogens is 1660 g/mol. The average molecular weight is 1730 g/mol. The third-order valence-corrected chi connectivity index (χ3v) is 28.8. The molecule has 134 heavy (non-hydrogen) atoms. The Balaban J connectivity index is 0.0000000981. The molecule has 31 rings (SSSR count). The van der Waals surface area contributed by atoms with Crippen LogP contribution in [0.5, 0.6) is 0 Å². The highest BCUT2D eigenvalue weighted by Crippen LogP contribution is 2.54. The second-order valence-electron chi connectivity index (χ2n) is 35.0. The van der Waals surface area contributed by atoms with Crippen molar-refractivity contribution in [3.05, 3.63) is 419 Å². The number of hydrogen-bond acceptors (Lipinski definition) is 9. The predicted octanol–water partition coefficient (Wildman–Crippen LogP) is 32.6. The molecule has 0 amide bonds. The van der Waals surface area contributed by atoms with Gasteiger partial charge in [0.2, 0.25) is 23.6 Å². The molecular formula is C122H69N9O2S. The smallest absolute Gasteiger partial charge is 0.238 e. The van der Waals surface area contributed by atoms with Crippen molar-refractivity contribution in [3.63, 3.8) is 0 Å². The van der Waals surface area contributed by atoms with Gasteiger partial charge < -0.3 is 8.83 Å². The van der Waals surface area contributed by atoms with Crippen molar-refractivity contribution < 1.29 is 8.83 Å². The van der Waals surface area contributed by atoms with Crippen molar-refractivity contribution in [3.8, 4) is 107 Å². The summed E-state index contributed by atoms with van der Waals surface area (Å²) in [4.78, 5) is 33.0. The molecule has 11 nitrogen and oxygen atoms in total. The monoisotopic (exact) mass is 1720 g/mol. The van der Waals surface area contributed by atoms with E-state index in [1.807, 2.05) is 36.4 Å². The van der Waals surface area contributed by atoms with Gasteiger partial charge in [-0.05, 0) is 188 Å². The number of benzene rings is 20. The van der Waals surface area contributed by atoms with E-state index in [1.54, 1.807) is 11.3 Å². The van der Waals surface area contributed by atoms with Gasteiger partial charge in [-0.3, -0.25) is 13.7 Å². The summed E-state index contributed by atoms with van der Waals surface area (Å²) in [5, 5.41) is 24.5. The predicted molar refractivity (Wildman–Crippen MR) is 555 cm³/mol. The number of furan rings is 2. The third kappa shape index (κ3) is 11.1. The first kappa shape index (κ1) is 74.1. The number of nitrogens with zero attached hydrogens (tertiary/aromatic N) is 9. The number of aromatic nitrogens is 9. The van der Waals surface area contributed by atoms with E-state index in [-0.39, 0.29) is 0 Å². The molecule has 20 aromatic carbocycles. The highest BCUT2D eigenvalue weighted by atomic mass is 32.1. The Morgan fingerprint density at radius 3 is 1.11 bits per heavy atom.